The molecule has 3 N–H and O–H groups in total. The molecular weight excluding hydrogens is 836 g/mol. The van der Waals surface area contributed by atoms with E-state index < -0.39 is 31.6 Å². The van der Waals surface area contributed by atoms with Gasteiger partial charge in [-0.2, -0.15) is 0 Å². The van der Waals surface area contributed by atoms with E-state index in [4.69, 9.17) is 19.2 Å². The predicted molar refractivity (Wildman–Crippen MR) is 270 cm³/mol. The van der Waals surface area contributed by atoms with Crippen molar-refractivity contribution in [1.29, 1.82) is 0 Å². The van der Waals surface area contributed by atoms with E-state index in [2.05, 4.69) is 273 Å². The lowest BCUT2D eigenvalue weighted by molar-refractivity contribution is 0.275. The lowest BCUT2D eigenvalue weighted by atomic mass is 10.4. The van der Waals surface area contributed by atoms with Crippen molar-refractivity contribution >= 4 is 79.3 Å². The van der Waals surface area contributed by atoms with Gasteiger partial charge in [-0.1, -0.05) is 273 Å². The second-order valence-electron chi connectivity index (χ2n) is 13.5. The van der Waals surface area contributed by atoms with E-state index in [0.29, 0.717) is 0 Å². The maximum absolute atomic E-state index is 8.88. The van der Waals surface area contributed by atoms with Crippen molar-refractivity contribution in [3.63, 3.8) is 0 Å². The van der Waals surface area contributed by atoms with Crippen LogP contribution in [0.5, 0.6) is 0 Å². The Morgan fingerprint density at radius 3 is 0.371 bits per heavy atom. The molecule has 0 unspecified atom stereocenters. The first kappa shape index (κ1) is 45.9. The van der Waals surface area contributed by atoms with Gasteiger partial charge in [0.15, 0.2) is 0 Å². The van der Waals surface area contributed by atoms with Gasteiger partial charge in [-0.3, -0.25) is 0 Å². The fraction of sp³-hybridized carbons (Fsp3) is 0. The molecule has 0 bridgehead atoms. The molecule has 0 spiro atoms. The Morgan fingerprint density at radius 2 is 0.290 bits per heavy atom. The molecule has 8 heteroatoms. The molecule has 0 saturated carbocycles. The normalized spacial score (nSPS) is 10.7. The minimum absolute atomic E-state index is 0.446. The summed E-state index contributed by atoms with van der Waals surface area (Å²) >= 11 is 0. The molecule has 0 aliphatic carbocycles. The molecule has 0 atom stereocenters. The van der Waals surface area contributed by atoms with Gasteiger partial charge >= 0.3 is 7.82 Å². The van der Waals surface area contributed by atoms with Gasteiger partial charge in [0.05, 0.1) is 0 Å². The molecule has 0 saturated heterocycles. The van der Waals surface area contributed by atoms with E-state index in [1.54, 1.807) is 0 Å². The van der Waals surface area contributed by atoms with Crippen LogP contribution in [0.1, 0.15) is 0 Å². The van der Waals surface area contributed by atoms with Gasteiger partial charge in [0.2, 0.25) is 0 Å². The fourth-order valence-electron chi connectivity index (χ4n) is 6.54. The van der Waals surface area contributed by atoms with Gasteiger partial charge in [-0.25, -0.2) is 4.57 Å². The minimum atomic E-state index is -4.64. The van der Waals surface area contributed by atoms with Crippen LogP contribution in [0.25, 0.3) is 0 Å². The van der Waals surface area contributed by atoms with Crippen molar-refractivity contribution in [2.45, 2.75) is 0 Å². The van der Waals surface area contributed by atoms with Crippen LogP contribution in [0.15, 0.2) is 273 Å². The first-order valence-corrected chi connectivity index (χ1v) is 25.6. The number of hydrogen-bond donors (Lipinski definition) is 3. The van der Waals surface area contributed by atoms with Gasteiger partial charge in [-0.05, 0) is 71.5 Å². The van der Waals surface area contributed by atoms with E-state index in [9.17, 15) is 0 Å². The minimum Gasteiger partial charge on any atom is -0.303 e. The molecule has 0 amide bonds. The molecule has 0 radical (unpaired) electrons. The van der Waals surface area contributed by atoms with E-state index in [1.165, 1.54) is 47.7 Å². The molecule has 9 aromatic rings. The topological polar surface area (TPSA) is 77.8 Å². The van der Waals surface area contributed by atoms with Crippen LogP contribution in [0.2, 0.25) is 0 Å². The SMILES string of the molecule is O=P(O)(O)O.c1ccc(P(c2ccccc2)c2ccccc2)cc1.c1ccc(P(c2ccccc2)c2ccccc2)cc1.c1ccc(P(c2ccccc2)c2ccccc2)cc1. The van der Waals surface area contributed by atoms with E-state index in [1.807, 2.05) is 0 Å². The highest BCUT2D eigenvalue weighted by molar-refractivity contribution is 7.80. The van der Waals surface area contributed by atoms with Crippen molar-refractivity contribution in [2.24, 2.45) is 0 Å². The molecule has 0 aliphatic rings. The predicted octanol–water partition coefficient (Wildman–Crippen LogP) is 9.41. The summed E-state index contributed by atoms with van der Waals surface area (Å²) in [6.45, 7) is 0. The molecule has 0 heterocycles. The monoisotopic (exact) mass is 884 g/mol. The molecule has 0 fully saturated rings. The van der Waals surface area contributed by atoms with Crippen molar-refractivity contribution in [3.05, 3.63) is 273 Å². The Labute approximate surface area is 369 Å². The smallest absolute Gasteiger partial charge is 0.303 e. The van der Waals surface area contributed by atoms with Crippen molar-refractivity contribution in [1.82, 2.24) is 0 Å². The third-order valence-electron chi connectivity index (χ3n) is 9.13. The van der Waals surface area contributed by atoms with E-state index in [-0.39, 0.29) is 0 Å². The molecule has 9 aromatic carbocycles. The number of benzene rings is 9. The summed E-state index contributed by atoms with van der Waals surface area (Å²) < 4.78 is 8.88. The van der Waals surface area contributed by atoms with Crippen LogP contribution in [0.4, 0.5) is 0 Å². The summed E-state index contributed by atoms with van der Waals surface area (Å²) in [4.78, 5) is 21.6. The van der Waals surface area contributed by atoms with Crippen LogP contribution in [-0.4, -0.2) is 14.7 Å². The van der Waals surface area contributed by atoms with Crippen molar-refractivity contribution in [3.8, 4) is 0 Å². The van der Waals surface area contributed by atoms with Gasteiger partial charge in [0.1, 0.15) is 0 Å². The van der Waals surface area contributed by atoms with Crippen molar-refractivity contribution < 1.29 is 19.2 Å². The molecular formula is C54H48O4P4. The average molecular weight is 885 g/mol. The molecule has 0 aromatic heterocycles. The van der Waals surface area contributed by atoms with Gasteiger partial charge in [0.25, 0.3) is 0 Å². The number of rotatable bonds is 9. The summed E-state index contributed by atoms with van der Waals surface area (Å²) in [6.07, 6.45) is 0. The fourth-order valence-corrected chi connectivity index (χ4v) is 13.5. The average Bonchev–Trinajstić information content (AvgIpc) is 3.32. The van der Waals surface area contributed by atoms with Gasteiger partial charge in [-0.15, -0.1) is 0 Å². The summed E-state index contributed by atoms with van der Waals surface area (Å²) in [5.41, 5.74) is 0. The Hall–Kier alpha value is -5.62. The molecule has 0 aliphatic heterocycles. The Morgan fingerprint density at radius 1 is 0.210 bits per heavy atom. The van der Waals surface area contributed by atoms with Crippen LogP contribution in [-0.2, 0) is 4.57 Å². The van der Waals surface area contributed by atoms with Gasteiger partial charge in [0, 0.05) is 0 Å². The number of hydrogen-bond acceptors (Lipinski definition) is 1. The summed E-state index contributed by atoms with van der Waals surface area (Å²) in [5, 5.41) is 12.6. The third kappa shape index (κ3) is 14.8. The first-order chi connectivity index (χ1) is 30.3. The van der Waals surface area contributed by atoms with Gasteiger partial charge < -0.3 is 14.7 Å². The third-order valence-corrected chi connectivity index (χ3v) is 16.5. The molecule has 62 heavy (non-hydrogen) atoms. The second-order valence-corrected chi connectivity index (χ2v) is 21.2. The van der Waals surface area contributed by atoms with Crippen LogP contribution >= 0.6 is 31.6 Å². The zero-order valence-electron chi connectivity index (χ0n) is 34.0. The molecule has 308 valence electrons. The molecule has 4 nitrogen and oxygen atoms in total. The Kier molecular flexibility index (Phi) is 18.3. The highest BCUT2D eigenvalue weighted by Crippen LogP contribution is 2.34. The maximum atomic E-state index is 8.88. The first-order valence-electron chi connectivity index (χ1n) is 20.0. The second kappa shape index (κ2) is 24.7. The standard InChI is InChI=1S/3C18H15P.H3O4P/c3*1-4-10-16(11-5-1)19(17-12-6-2-7-13-17)18-14-8-3-9-15-18;1-5(2,3)4/h3*1-15H;(H3,1,2,3,4). The largest absolute Gasteiger partial charge is 0.466 e. The molecule has 9 rings (SSSR count). The summed E-state index contributed by atoms with van der Waals surface area (Å²) in [6, 6.07) is 97.0. The lowest BCUT2D eigenvalue weighted by Gasteiger charge is -2.18. The highest BCUT2D eigenvalue weighted by Gasteiger charge is 2.17. The van der Waals surface area contributed by atoms with Crippen LogP contribution in [0.3, 0.4) is 0 Å². The zero-order chi connectivity index (χ0) is 43.2. The Balaban J connectivity index is 0.000000147. The van der Waals surface area contributed by atoms with E-state index in [0.717, 1.165) is 0 Å². The lowest BCUT2D eigenvalue weighted by Crippen LogP contribution is -2.20. The maximum Gasteiger partial charge on any atom is 0.466 e. The summed E-state index contributed by atoms with van der Waals surface area (Å²) in [7, 11) is -5.98. The highest BCUT2D eigenvalue weighted by atomic mass is 31.2. The van der Waals surface area contributed by atoms with Crippen LogP contribution < -0.4 is 47.7 Å². The van der Waals surface area contributed by atoms with Crippen LogP contribution in [0, 0.1) is 0 Å². The van der Waals surface area contributed by atoms with Crippen molar-refractivity contribution in [2.75, 3.05) is 0 Å². The zero-order valence-corrected chi connectivity index (χ0v) is 37.6. The number of phosphoric acid groups is 1. The summed E-state index contributed by atoms with van der Waals surface area (Å²) in [5.74, 6) is 0. The quantitative estimate of drug-likeness (QED) is 0.126. The van der Waals surface area contributed by atoms with E-state index >= 15 is 0 Å². The Bertz CT molecular complexity index is 2040.